The largest absolute Gasteiger partial charge is 0.458 e. The van der Waals surface area contributed by atoms with Crippen molar-refractivity contribution in [3.05, 3.63) is 29.8 Å². The van der Waals surface area contributed by atoms with E-state index in [9.17, 15) is 28.3 Å². The molecular weight excluding hydrogens is 426 g/mol. The van der Waals surface area contributed by atoms with Crippen LogP contribution in [0.2, 0.25) is 0 Å². The molecule has 8 nitrogen and oxygen atoms in total. The van der Waals surface area contributed by atoms with Crippen LogP contribution >= 0.6 is 0 Å². The number of carbonyl (C=O) groups is 3. The van der Waals surface area contributed by atoms with Crippen molar-refractivity contribution >= 4 is 23.5 Å². The number of esters is 1. The van der Waals surface area contributed by atoms with Gasteiger partial charge in [-0.25, -0.2) is 13.6 Å². The van der Waals surface area contributed by atoms with Gasteiger partial charge in [-0.1, -0.05) is 6.07 Å². The molecule has 0 unspecified atom stereocenters. The average molecular weight is 454 g/mol. The Kier molecular flexibility index (Phi) is 6.85. The van der Waals surface area contributed by atoms with Crippen LogP contribution in [0.4, 0.5) is 14.5 Å². The second kappa shape index (κ2) is 9.11. The highest BCUT2D eigenvalue weighted by atomic mass is 19.3. The molecule has 2 fully saturated rings. The van der Waals surface area contributed by atoms with Crippen molar-refractivity contribution in [1.82, 2.24) is 4.90 Å². The second-order valence-electron chi connectivity index (χ2n) is 8.96. The molecule has 0 radical (unpaired) electrons. The van der Waals surface area contributed by atoms with Gasteiger partial charge in [-0.2, -0.15) is 0 Å². The number of piperidine rings is 1. The fraction of sp³-hybridized carbons (Fsp3) is 0.591. The Morgan fingerprint density at radius 1 is 1.22 bits per heavy atom. The number of aliphatic hydroxyl groups excluding tert-OH is 1. The summed E-state index contributed by atoms with van der Waals surface area (Å²) in [5, 5.41) is 10.3. The maximum absolute atomic E-state index is 13.4. The number of amides is 2. The lowest BCUT2D eigenvalue weighted by molar-refractivity contribution is -0.177. The molecule has 1 aromatic carbocycles. The van der Waals surface area contributed by atoms with E-state index in [4.69, 9.17) is 9.47 Å². The third-order valence-electron chi connectivity index (χ3n) is 5.24. The van der Waals surface area contributed by atoms with Gasteiger partial charge < -0.3 is 24.4 Å². The van der Waals surface area contributed by atoms with E-state index in [0.29, 0.717) is 5.69 Å². The Morgan fingerprint density at radius 2 is 1.88 bits per heavy atom. The Labute approximate surface area is 185 Å². The fourth-order valence-electron chi connectivity index (χ4n) is 3.60. The number of hydrogen-bond donors (Lipinski definition) is 1. The predicted molar refractivity (Wildman–Crippen MR) is 110 cm³/mol. The first-order valence-electron chi connectivity index (χ1n) is 10.5. The third kappa shape index (κ3) is 5.60. The van der Waals surface area contributed by atoms with E-state index in [-0.39, 0.29) is 44.6 Å². The first-order valence-corrected chi connectivity index (χ1v) is 10.5. The molecule has 0 spiro atoms. The molecule has 1 aromatic rings. The molecular formula is C22H28F2N2O6. The smallest absolute Gasteiger partial charge is 0.338 e. The molecule has 0 aromatic heterocycles. The van der Waals surface area contributed by atoms with Gasteiger partial charge in [-0.3, -0.25) is 9.59 Å². The highest BCUT2D eigenvalue weighted by molar-refractivity contribution is 6.02. The van der Waals surface area contributed by atoms with Crippen molar-refractivity contribution < 1.29 is 37.7 Å². The van der Waals surface area contributed by atoms with Crippen molar-refractivity contribution in [1.29, 1.82) is 0 Å². The van der Waals surface area contributed by atoms with E-state index < -0.39 is 41.5 Å². The number of alkyl halides is 2. The van der Waals surface area contributed by atoms with E-state index in [2.05, 4.69) is 0 Å². The van der Waals surface area contributed by atoms with Crippen molar-refractivity contribution in [2.45, 2.75) is 57.3 Å². The molecule has 2 amide bonds. The van der Waals surface area contributed by atoms with E-state index in [1.165, 1.54) is 15.9 Å². The SMILES string of the molecule is CC(C)(C)OC(=O)[C@H](O)[C@H]1OCCN(c2cccc(C(=O)N3CCC(F)(F)CC3)c2)C1=O. The average Bonchev–Trinajstić information content (AvgIpc) is 2.72. The molecule has 2 aliphatic rings. The number of likely N-dealkylation sites (tertiary alicyclic amines) is 1. The summed E-state index contributed by atoms with van der Waals surface area (Å²) in [5.74, 6) is -4.77. The zero-order chi connectivity index (χ0) is 23.7. The van der Waals surface area contributed by atoms with E-state index in [1.807, 2.05) is 0 Å². The number of nitrogens with zero attached hydrogens (tertiary/aromatic N) is 2. The van der Waals surface area contributed by atoms with Gasteiger partial charge in [-0.15, -0.1) is 0 Å². The summed E-state index contributed by atoms with van der Waals surface area (Å²) >= 11 is 0. The normalized spacial score (nSPS) is 22.4. The van der Waals surface area contributed by atoms with Gasteiger partial charge in [0, 0.05) is 43.7 Å². The molecule has 2 atom stereocenters. The van der Waals surface area contributed by atoms with Gasteiger partial charge in [0.1, 0.15) is 5.60 Å². The quantitative estimate of drug-likeness (QED) is 0.699. The number of carbonyl (C=O) groups excluding carboxylic acids is 3. The van der Waals surface area contributed by atoms with Crippen LogP contribution in [0, 0.1) is 0 Å². The van der Waals surface area contributed by atoms with Gasteiger partial charge >= 0.3 is 5.97 Å². The monoisotopic (exact) mass is 454 g/mol. The van der Waals surface area contributed by atoms with E-state index >= 15 is 0 Å². The minimum absolute atomic E-state index is 0.0449. The third-order valence-corrected chi connectivity index (χ3v) is 5.24. The van der Waals surface area contributed by atoms with Crippen LogP contribution in [0.3, 0.4) is 0 Å². The maximum Gasteiger partial charge on any atom is 0.338 e. The summed E-state index contributed by atoms with van der Waals surface area (Å²) in [6.07, 6.45) is -4.01. The van der Waals surface area contributed by atoms with Gasteiger partial charge in [0.15, 0.2) is 12.2 Å². The fourth-order valence-corrected chi connectivity index (χ4v) is 3.60. The number of morpholine rings is 1. The summed E-state index contributed by atoms with van der Waals surface area (Å²) in [7, 11) is 0. The summed E-state index contributed by atoms with van der Waals surface area (Å²) in [4.78, 5) is 40.6. The van der Waals surface area contributed by atoms with Crippen LogP contribution in [-0.2, 0) is 19.1 Å². The van der Waals surface area contributed by atoms with Gasteiger partial charge in [0.05, 0.1) is 6.61 Å². The Balaban J connectivity index is 1.73. The summed E-state index contributed by atoms with van der Waals surface area (Å²) in [6.45, 7) is 5.05. The highest BCUT2D eigenvalue weighted by Crippen LogP contribution is 2.29. The van der Waals surface area contributed by atoms with Crippen LogP contribution in [-0.4, -0.2) is 77.8 Å². The van der Waals surface area contributed by atoms with Crippen LogP contribution in [0.25, 0.3) is 0 Å². The molecule has 1 N–H and O–H groups in total. The van der Waals surface area contributed by atoms with Gasteiger partial charge in [0.2, 0.25) is 0 Å². The Bertz CT molecular complexity index is 875. The number of benzene rings is 1. The molecule has 2 heterocycles. The minimum Gasteiger partial charge on any atom is -0.458 e. The highest BCUT2D eigenvalue weighted by Gasteiger charge is 2.41. The first kappa shape index (κ1) is 24.1. The molecule has 176 valence electrons. The first-order chi connectivity index (χ1) is 14.9. The van der Waals surface area contributed by atoms with Crippen molar-refractivity contribution in [2.75, 3.05) is 31.1 Å². The Hall–Kier alpha value is -2.59. The number of halogens is 2. The maximum atomic E-state index is 13.4. The predicted octanol–water partition coefficient (Wildman–Crippen LogP) is 1.99. The van der Waals surface area contributed by atoms with Crippen LogP contribution in [0.5, 0.6) is 0 Å². The van der Waals surface area contributed by atoms with Crippen LogP contribution in [0.1, 0.15) is 44.0 Å². The molecule has 0 aliphatic carbocycles. The summed E-state index contributed by atoms with van der Waals surface area (Å²) < 4.78 is 37.3. The number of ether oxygens (including phenoxy) is 2. The van der Waals surface area contributed by atoms with Gasteiger partial charge in [-0.05, 0) is 39.0 Å². The molecule has 10 heteroatoms. The summed E-state index contributed by atoms with van der Waals surface area (Å²) in [6, 6.07) is 6.25. The number of anilines is 1. The van der Waals surface area contributed by atoms with Crippen LogP contribution < -0.4 is 4.90 Å². The minimum atomic E-state index is -2.76. The van der Waals surface area contributed by atoms with Crippen molar-refractivity contribution in [3.63, 3.8) is 0 Å². The second-order valence-corrected chi connectivity index (χ2v) is 8.96. The lowest BCUT2D eigenvalue weighted by Crippen LogP contribution is -2.55. The Morgan fingerprint density at radius 3 is 2.50 bits per heavy atom. The molecule has 2 aliphatic heterocycles. The molecule has 32 heavy (non-hydrogen) atoms. The molecule has 2 saturated heterocycles. The van der Waals surface area contributed by atoms with Crippen molar-refractivity contribution in [3.8, 4) is 0 Å². The van der Waals surface area contributed by atoms with Crippen LogP contribution in [0.15, 0.2) is 24.3 Å². The van der Waals surface area contributed by atoms with E-state index in [1.54, 1.807) is 39.0 Å². The zero-order valence-electron chi connectivity index (χ0n) is 18.3. The van der Waals surface area contributed by atoms with Gasteiger partial charge in [0.25, 0.3) is 17.7 Å². The zero-order valence-corrected chi connectivity index (χ0v) is 18.3. The molecule has 3 rings (SSSR count). The standard InChI is InChI=1S/C22H28F2N2O6/c1-21(2,3)32-20(30)16(27)17-19(29)26(11-12-31-17)15-6-4-5-14(13-15)18(28)25-9-7-22(23,24)8-10-25/h4-6,13,16-17,27H,7-12H2,1-3H3/t16-,17-/m1/s1. The lowest BCUT2D eigenvalue weighted by atomic mass is 10.0. The van der Waals surface area contributed by atoms with Crippen molar-refractivity contribution in [2.24, 2.45) is 0 Å². The van der Waals surface area contributed by atoms with E-state index in [0.717, 1.165) is 0 Å². The number of rotatable bonds is 4. The lowest BCUT2D eigenvalue weighted by Gasteiger charge is -2.35. The number of aliphatic hydroxyl groups is 1. The topological polar surface area (TPSA) is 96.4 Å². The molecule has 0 saturated carbocycles. The number of hydrogen-bond acceptors (Lipinski definition) is 6. The molecule has 0 bridgehead atoms. The summed E-state index contributed by atoms with van der Waals surface area (Å²) in [5.41, 5.74) is -0.202.